The van der Waals surface area contributed by atoms with Crippen LogP contribution in [0.1, 0.15) is 19.3 Å². The number of halogens is 1. The fourth-order valence-corrected chi connectivity index (χ4v) is 2.60. The van der Waals surface area contributed by atoms with Crippen LogP contribution in [-0.4, -0.2) is 43.6 Å². The first-order chi connectivity index (χ1) is 9.70. The lowest BCUT2D eigenvalue weighted by atomic mass is 10.1. The maximum Gasteiger partial charge on any atom is 0.226 e. The number of hydrogen-bond acceptors (Lipinski definition) is 3. The molecule has 1 aromatic carbocycles. The third-order valence-electron chi connectivity index (χ3n) is 3.59. The summed E-state index contributed by atoms with van der Waals surface area (Å²) in [7, 11) is 1.94. The van der Waals surface area contributed by atoms with Gasteiger partial charge in [-0.3, -0.25) is 4.79 Å². The van der Waals surface area contributed by atoms with Gasteiger partial charge in [-0.2, -0.15) is 0 Å². The van der Waals surface area contributed by atoms with E-state index in [4.69, 9.17) is 16.3 Å². The summed E-state index contributed by atoms with van der Waals surface area (Å²) < 4.78 is 5.56. The van der Waals surface area contributed by atoms with Gasteiger partial charge in [0.25, 0.3) is 0 Å². The van der Waals surface area contributed by atoms with Crippen LogP contribution in [0.2, 0.25) is 5.02 Å². The summed E-state index contributed by atoms with van der Waals surface area (Å²) in [6.07, 6.45) is 2.58. The molecule has 1 saturated heterocycles. The van der Waals surface area contributed by atoms with Crippen molar-refractivity contribution in [1.29, 1.82) is 0 Å². The van der Waals surface area contributed by atoms with E-state index < -0.39 is 0 Å². The molecular formula is C15H21ClN2O2. The van der Waals surface area contributed by atoms with E-state index in [-0.39, 0.29) is 5.91 Å². The Bertz CT molecular complexity index is 453. The molecule has 0 aromatic heterocycles. The first-order valence-corrected chi connectivity index (χ1v) is 7.41. The number of piperidine rings is 1. The van der Waals surface area contributed by atoms with E-state index in [1.807, 2.05) is 30.1 Å². The van der Waals surface area contributed by atoms with Crippen LogP contribution in [0.3, 0.4) is 0 Å². The van der Waals surface area contributed by atoms with Gasteiger partial charge >= 0.3 is 0 Å². The van der Waals surface area contributed by atoms with Crippen LogP contribution in [0.4, 0.5) is 0 Å². The maximum absolute atomic E-state index is 12.1. The molecule has 110 valence electrons. The number of ether oxygens (including phenoxy) is 1. The van der Waals surface area contributed by atoms with Crippen molar-refractivity contribution in [3.63, 3.8) is 0 Å². The summed E-state index contributed by atoms with van der Waals surface area (Å²) in [5.74, 6) is 0.783. The Kier molecular flexibility index (Phi) is 5.68. The van der Waals surface area contributed by atoms with E-state index in [2.05, 4.69) is 5.32 Å². The number of likely N-dealkylation sites (tertiary alicyclic amines) is 1. The van der Waals surface area contributed by atoms with E-state index >= 15 is 0 Å². The highest BCUT2D eigenvalue weighted by atomic mass is 35.5. The molecule has 1 atom stereocenters. The zero-order valence-corrected chi connectivity index (χ0v) is 12.5. The van der Waals surface area contributed by atoms with Gasteiger partial charge in [0.05, 0.1) is 18.1 Å². The summed E-state index contributed by atoms with van der Waals surface area (Å²) in [5, 5.41) is 3.81. The number of carbonyl (C=O) groups is 1. The molecule has 0 aliphatic carbocycles. The SMILES string of the molecule is CN[C@@H]1CCCN(C(=O)CCOc2ccccc2Cl)C1. The van der Waals surface area contributed by atoms with Gasteiger partial charge in [-0.05, 0) is 32.0 Å². The summed E-state index contributed by atoms with van der Waals surface area (Å²) in [4.78, 5) is 14.0. The molecule has 0 radical (unpaired) electrons. The van der Waals surface area contributed by atoms with Crippen LogP contribution in [-0.2, 0) is 4.79 Å². The fraction of sp³-hybridized carbons (Fsp3) is 0.533. The van der Waals surface area contributed by atoms with Crippen LogP contribution >= 0.6 is 11.6 Å². The average molecular weight is 297 g/mol. The predicted molar refractivity (Wildman–Crippen MR) is 80.2 cm³/mol. The molecule has 0 saturated carbocycles. The summed E-state index contributed by atoms with van der Waals surface area (Å²) in [6.45, 7) is 2.01. The summed E-state index contributed by atoms with van der Waals surface area (Å²) in [6, 6.07) is 7.72. The Hall–Kier alpha value is -1.26. The van der Waals surface area contributed by atoms with Crippen LogP contribution in [0.25, 0.3) is 0 Å². The Morgan fingerprint density at radius 2 is 2.30 bits per heavy atom. The second-order valence-corrected chi connectivity index (χ2v) is 5.40. The van der Waals surface area contributed by atoms with Crippen LogP contribution in [0, 0.1) is 0 Å². The highest BCUT2D eigenvalue weighted by molar-refractivity contribution is 6.32. The molecule has 0 bridgehead atoms. The minimum Gasteiger partial charge on any atom is -0.491 e. The number of benzene rings is 1. The maximum atomic E-state index is 12.1. The fourth-order valence-electron chi connectivity index (χ4n) is 2.41. The highest BCUT2D eigenvalue weighted by Crippen LogP contribution is 2.23. The van der Waals surface area contributed by atoms with Crippen molar-refractivity contribution in [2.24, 2.45) is 0 Å². The summed E-state index contributed by atoms with van der Waals surface area (Å²) in [5.41, 5.74) is 0. The number of carbonyl (C=O) groups excluding carboxylic acids is 1. The predicted octanol–water partition coefficient (Wildman–Crippen LogP) is 2.32. The molecule has 20 heavy (non-hydrogen) atoms. The van der Waals surface area contributed by atoms with Crippen molar-refractivity contribution in [2.75, 3.05) is 26.7 Å². The van der Waals surface area contributed by atoms with Gasteiger partial charge in [0, 0.05) is 19.1 Å². The molecule has 5 heteroatoms. The van der Waals surface area contributed by atoms with E-state index in [1.54, 1.807) is 6.07 Å². The van der Waals surface area contributed by atoms with Crippen LogP contribution < -0.4 is 10.1 Å². The quantitative estimate of drug-likeness (QED) is 0.907. The first kappa shape index (κ1) is 15.1. The first-order valence-electron chi connectivity index (χ1n) is 7.03. The topological polar surface area (TPSA) is 41.6 Å². The number of para-hydroxylation sites is 1. The Morgan fingerprint density at radius 1 is 1.50 bits per heavy atom. The smallest absolute Gasteiger partial charge is 0.226 e. The monoisotopic (exact) mass is 296 g/mol. The Balaban J connectivity index is 1.76. The summed E-state index contributed by atoms with van der Waals surface area (Å²) >= 11 is 6.00. The lowest BCUT2D eigenvalue weighted by Crippen LogP contribution is -2.47. The van der Waals surface area contributed by atoms with E-state index in [1.165, 1.54) is 0 Å². The molecule has 0 unspecified atom stereocenters. The lowest BCUT2D eigenvalue weighted by Gasteiger charge is -2.32. The van der Waals surface area contributed by atoms with Crippen molar-refractivity contribution in [3.05, 3.63) is 29.3 Å². The van der Waals surface area contributed by atoms with Gasteiger partial charge in [0.1, 0.15) is 5.75 Å². The van der Waals surface area contributed by atoms with Crippen molar-refractivity contribution in [2.45, 2.75) is 25.3 Å². The second kappa shape index (κ2) is 7.50. The Labute approximate surface area is 125 Å². The van der Waals surface area contributed by atoms with E-state index in [0.717, 1.165) is 25.9 Å². The number of hydrogen-bond donors (Lipinski definition) is 1. The van der Waals surface area contributed by atoms with E-state index in [9.17, 15) is 4.79 Å². The van der Waals surface area contributed by atoms with Gasteiger partial charge in [-0.1, -0.05) is 23.7 Å². The molecular weight excluding hydrogens is 276 g/mol. The third kappa shape index (κ3) is 4.12. The van der Waals surface area contributed by atoms with Crippen molar-refractivity contribution in [3.8, 4) is 5.75 Å². The Morgan fingerprint density at radius 3 is 3.05 bits per heavy atom. The standard InChI is InChI=1S/C15H21ClN2O2/c1-17-12-5-4-9-18(11-12)15(19)8-10-20-14-7-3-2-6-13(14)16/h2-3,6-7,12,17H,4-5,8-11H2,1H3/t12-/m1/s1. The molecule has 1 aromatic rings. The molecule has 1 heterocycles. The number of likely N-dealkylation sites (N-methyl/N-ethyl adjacent to an activating group) is 1. The van der Waals surface area contributed by atoms with E-state index in [0.29, 0.717) is 29.8 Å². The second-order valence-electron chi connectivity index (χ2n) is 5.00. The molecule has 2 rings (SSSR count). The van der Waals surface area contributed by atoms with Gasteiger partial charge in [0.15, 0.2) is 0 Å². The zero-order valence-electron chi connectivity index (χ0n) is 11.8. The number of nitrogens with one attached hydrogen (secondary N) is 1. The van der Waals surface area contributed by atoms with Crippen molar-refractivity contribution >= 4 is 17.5 Å². The molecule has 1 aliphatic heterocycles. The largest absolute Gasteiger partial charge is 0.491 e. The number of rotatable bonds is 5. The van der Waals surface area contributed by atoms with Crippen LogP contribution in [0.5, 0.6) is 5.75 Å². The molecule has 1 fully saturated rings. The minimum absolute atomic E-state index is 0.150. The molecule has 1 aliphatic rings. The van der Waals surface area contributed by atoms with Gasteiger partial charge in [0.2, 0.25) is 5.91 Å². The zero-order chi connectivity index (χ0) is 14.4. The average Bonchev–Trinajstić information content (AvgIpc) is 2.49. The molecule has 0 spiro atoms. The number of amides is 1. The van der Waals surface area contributed by atoms with Crippen molar-refractivity contribution < 1.29 is 9.53 Å². The normalized spacial score (nSPS) is 18.9. The molecule has 4 nitrogen and oxygen atoms in total. The van der Waals surface area contributed by atoms with Gasteiger partial charge in [-0.15, -0.1) is 0 Å². The molecule has 1 N–H and O–H groups in total. The lowest BCUT2D eigenvalue weighted by molar-refractivity contribution is -0.133. The van der Waals surface area contributed by atoms with Gasteiger partial charge in [-0.25, -0.2) is 0 Å². The minimum atomic E-state index is 0.150. The van der Waals surface area contributed by atoms with Crippen molar-refractivity contribution in [1.82, 2.24) is 10.2 Å². The number of nitrogens with zero attached hydrogens (tertiary/aromatic N) is 1. The highest BCUT2D eigenvalue weighted by Gasteiger charge is 2.22. The molecule has 1 amide bonds. The third-order valence-corrected chi connectivity index (χ3v) is 3.90. The van der Waals surface area contributed by atoms with Crippen LogP contribution in [0.15, 0.2) is 24.3 Å². The van der Waals surface area contributed by atoms with Gasteiger partial charge < -0.3 is 15.0 Å².